The topological polar surface area (TPSA) is 74.2 Å². The molecule has 0 bridgehead atoms. The highest BCUT2D eigenvalue weighted by Gasteiger charge is 2.28. The summed E-state index contributed by atoms with van der Waals surface area (Å²) in [5.41, 5.74) is 0.830. The molecule has 7 heteroatoms. The molecule has 0 saturated carbocycles. The van der Waals surface area contributed by atoms with E-state index in [9.17, 15) is 4.79 Å². The molecule has 1 N–H and O–H groups in total. The van der Waals surface area contributed by atoms with Gasteiger partial charge in [0.1, 0.15) is 5.82 Å². The van der Waals surface area contributed by atoms with E-state index >= 15 is 0 Å². The molecule has 2 heterocycles. The maximum Gasteiger partial charge on any atom is 0.230 e. The molecule has 144 valence electrons. The molecule has 1 atom stereocenters. The van der Waals surface area contributed by atoms with Gasteiger partial charge in [0.05, 0.1) is 5.92 Å². The molecular formula is C20H28N6O. The Morgan fingerprint density at radius 1 is 1.19 bits per heavy atom. The van der Waals surface area contributed by atoms with E-state index in [2.05, 4.69) is 39.0 Å². The summed E-state index contributed by atoms with van der Waals surface area (Å²) < 4.78 is 0. The van der Waals surface area contributed by atoms with Crippen LogP contribution in [-0.4, -0.2) is 48.0 Å². The van der Waals surface area contributed by atoms with Gasteiger partial charge in [-0.3, -0.25) is 4.79 Å². The lowest BCUT2D eigenvalue weighted by atomic mass is 9.97. The van der Waals surface area contributed by atoms with Crippen LogP contribution in [0.3, 0.4) is 0 Å². The van der Waals surface area contributed by atoms with Crippen molar-refractivity contribution in [1.29, 1.82) is 0 Å². The van der Waals surface area contributed by atoms with Crippen LogP contribution in [0.5, 0.6) is 0 Å². The Kier molecular flexibility index (Phi) is 5.88. The van der Waals surface area contributed by atoms with Crippen molar-refractivity contribution in [2.24, 2.45) is 5.92 Å². The molecule has 1 aliphatic heterocycles. The molecule has 0 aliphatic carbocycles. The highest BCUT2D eigenvalue weighted by Crippen LogP contribution is 2.24. The SMILES string of the molecule is CC(C)c1nc(N(C)C)nc(N2CCCC(C(=O)Nc3ccccc3)C2)n1. The molecule has 1 aromatic heterocycles. The van der Waals surface area contributed by atoms with Crippen LogP contribution < -0.4 is 15.1 Å². The van der Waals surface area contributed by atoms with E-state index in [0.717, 1.165) is 30.9 Å². The molecule has 1 fully saturated rings. The number of nitrogens with one attached hydrogen (secondary N) is 1. The van der Waals surface area contributed by atoms with Crippen molar-refractivity contribution < 1.29 is 4.79 Å². The third-order valence-corrected chi connectivity index (χ3v) is 4.66. The second kappa shape index (κ2) is 8.33. The first-order valence-corrected chi connectivity index (χ1v) is 9.48. The number of carbonyl (C=O) groups excluding carboxylic acids is 1. The molecule has 7 nitrogen and oxygen atoms in total. The van der Waals surface area contributed by atoms with Crippen LogP contribution in [0.25, 0.3) is 0 Å². The van der Waals surface area contributed by atoms with Crippen LogP contribution in [0.15, 0.2) is 30.3 Å². The van der Waals surface area contributed by atoms with Gasteiger partial charge < -0.3 is 15.1 Å². The smallest absolute Gasteiger partial charge is 0.230 e. The molecule has 1 unspecified atom stereocenters. The van der Waals surface area contributed by atoms with E-state index in [1.807, 2.05) is 49.3 Å². The zero-order valence-corrected chi connectivity index (χ0v) is 16.5. The van der Waals surface area contributed by atoms with Gasteiger partial charge in [0.2, 0.25) is 17.8 Å². The molecule has 1 saturated heterocycles. The average Bonchev–Trinajstić information content (AvgIpc) is 2.68. The molecule has 3 rings (SSSR count). The summed E-state index contributed by atoms with van der Waals surface area (Å²) in [6, 6.07) is 9.59. The van der Waals surface area contributed by atoms with Gasteiger partial charge in [0, 0.05) is 38.8 Å². The van der Waals surface area contributed by atoms with Crippen LogP contribution in [-0.2, 0) is 4.79 Å². The highest BCUT2D eigenvalue weighted by molar-refractivity contribution is 5.93. The van der Waals surface area contributed by atoms with Crippen molar-refractivity contribution >= 4 is 23.5 Å². The predicted molar refractivity (Wildman–Crippen MR) is 108 cm³/mol. The van der Waals surface area contributed by atoms with Crippen molar-refractivity contribution in [3.63, 3.8) is 0 Å². The minimum atomic E-state index is -0.0824. The maximum absolute atomic E-state index is 12.7. The summed E-state index contributed by atoms with van der Waals surface area (Å²) in [6.45, 7) is 5.62. The fourth-order valence-electron chi connectivity index (χ4n) is 3.11. The third kappa shape index (κ3) is 4.72. The van der Waals surface area contributed by atoms with Crippen molar-refractivity contribution in [3.05, 3.63) is 36.2 Å². The number of rotatable bonds is 5. The molecule has 27 heavy (non-hydrogen) atoms. The molecule has 1 aliphatic rings. The Morgan fingerprint density at radius 2 is 1.93 bits per heavy atom. The van der Waals surface area contributed by atoms with Gasteiger partial charge in [-0.2, -0.15) is 15.0 Å². The van der Waals surface area contributed by atoms with Crippen molar-refractivity contribution in [2.45, 2.75) is 32.6 Å². The Balaban J connectivity index is 1.76. The van der Waals surface area contributed by atoms with E-state index in [1.165, 1.54) is 0 Å². The molecule has 0 spiro atoms. The second-order valence-electron chi connectivity index (χ2n) is 7.48. The summed E-state index contributed by atoms with van der Waals surface area (Å²) in [6.07, 6.45) is 1.81. The minimum Gasteiger partial charge on any atom is -0.347 e. The van der Waals surface area contributed by atoms with E-state index in [-0.39, 0.29) is 17.7 Å². The summed E-state index contributed by atoms with van der Waals surface area (Å²) in [5, 5.41) is 3.02. The molecule has 2 aromatic rings. The number of amides is 1. The normalized spacial score (nSPS) is 17.1. The molecule has 1 aromatic carbocycles. The first-order valence-electron chi connectivity index (χ1n) is 9.48. The van der Waals surface area contributed by atoms with Crippen molar-refractivity contribution in [1.82, 2.24) is 15.0 Å². The van der Waals surface area contributed by atoms with Gasteiger partial charge in [-0.1, -0.05) is 32.0 Å². The number of carbonyl (C=O) groups is 1. The number of para-hydroxylation sites is 1. The number of hydrogen-bond acceptors (Lipinski definition) is 6. The number of anilines is 3. The summed E-state index contributed by atoms with van der Waals surface area (Å²) in [4.78, 5) is 30.5. The van der Waals surface area contributed by atoms with E-state index in [1.54, 1.807) is 0 Å². The zero-order chi connectivity index (χ0) is 19.4. The molecule has 1 amide bonds. The first-order chi connectivity index (χ1) is 12.9. The highest BCUT2D eigenvalue weighted by atomic mass is 16.1. The molecular weight excluding hydrogens is 340 g/mol. The van der Waals surface area contributed by atoms with Gasteiger partial charge in [-0.15, -0.1) is 0 Å². The third-order valence-electron chi connectivity index (χ3n) is 4.66. The van der Waals surface area contributed by atoms with Gasteiger partial charge in [0.25, 0.3) is 0 Å². The number of hydrogen-bond donors (Lipinski definition) is 1. The number of piperidine rings is 1. The van der Waals surface area contributed by atoms with E-state index in [4.69, 9.17) is 0 Å². The van der Waals surface area contributed by atoms with Crippen molar-refractivity contribution in [2.75, 3.05) is 42.3 Å². The Hall–Kier alpha value is -2.70. The predicted octanol–water partition coefficient (Wildman–Crippen LogP) is 2.92. The fraction of sp³-hybridized carbons (Fsp3) is 0.500. The zero-order valence-electron chi connectivity index (χ0n) is 16.5. The summed E-state index contributed by atoms with van der Waals surface area (Å²) in [7, 11) is 3.85. The first kappa shape index (κ1) is 19.1. The summed E-state index contributed by atoms with van der Waals surface area (Å²) in [5.74, 6) is 2.28. The average molecular weight is 368 g/mol. The van der Waals surface area contributed by atoms with Crippen LogP contribution >= 0.6 is 0 Å². The Morgan fingerprint density at radius 3 is 2.59 bits per heavy atom. The van der Waals surface area contributed by atoms with Crippen LogP contribution in [0.1, 0.15) is 38.4 Å². The Bertz CT molecular complexity index is 751. The number of aromatic nitrogens is 3. The van der Waals surface area contributed by atoms with Gasteiger partial charge in [0.15, 0.2) is 0 Å². The van der Waals surface area contributed by atoms with Crippen LogP contribution in [0, 0.1) is 5.92 Å². The van der Waals surface area contributed by atoms with E-state index in [0.29, 0.717) is 18.4 Å². The van der Waals surface area contributed by atoms with Gasteiger partial charge >= 0.3 is 0 Å². The largest absolute Gasteiger partial charge is 0.347 e. The standard InChI is InChI=1S/C20H28N6O/c1-14(2)17-22-19(25(3)4)24-20(23-17)26-12-8-9-15(13-26)18(27)21-16-10-6-5-7-11-16/h5-7,10-11,14-15H,8-9,12-13H2,1-4H3,(H,21,27). The monoisotopic (exact) mass is 368 g/mol. The van der Waals surface area contributed by atoms with Crippen LogP contribution in [0.2, 0.25) is 0 Å². The lowest BCUT2D eigenvalue weighted by Crippen LogP contribution is -2.41. The lowest BCUT2D eigenvalue weighted by molar-refractivity contribution is -0.120. The second-order valence-corrected chi connectivity index (χ2v) is 7.48. The van der Waals surface area contributed by atoms with E-state index < -0.39 is 0 Å². The lowest BCUT2D eigenvalue weighted by Gasteiger charge is -2.32. The minimum absolute atomic E-state index is 0.0527. The number of benzene rings is 1. The Labute approximate surface area is 160 Å². The van der Waals surface area contributed by atoms with Gasteiger partial charge in [-0.05, 0) is 25.0 Å². The molecule has 0 radical (unpaired) electrons. The quantitative estimate of drug-likeness (QED) is 0.875. The number of nitrogens with zero attached hydrogens (tertiary/aromatic N) is 5. The van der Waals surface area contributed by atoms with Crippen molar-refractivity contribution in [3.8, 4) is 0 Å². The summed E-state index contributed by atoms with van der Waals surface area (Å²) >= 11 is 0. The van der Waals surface area contributed by atoms with Crippen LogP contribution in [0.4, 0.5) is 17.6 Å². The maximum atomic E-state index is 12.7. The van der Waals surface area contributed by atoms with Gasteiger partial charge in [-0.25, -0.2) is 0 Å². The fourth-order valence-corrected chi connectivity index (χ4v) is 3.11.